The molecule has 0 amide bonds. The van der Waals surface area contributed by atoms with Gasteiger partial charge in [-0.2, -0.15) is 0 Å². The molecule has 2 heterocycles. The first kappa shape index (κ1) is 24.2. The maximum Gasteiger partial charge on any atom is 0.312 e. The highest BCUT2D eigenvalue weighted by molar-refractivity contribution is 5.96. The van der Waals surface area contributed by atoms with Gasteiger partial charge in [0.25, 0.3) is 0 Å². The topological polar surface area (TPSA) is 115 Å². The Labute approximate surface area is 212 Å². The SMILES string of the molecule is COc1ccc([C@H]2CC(=O)Oc3c(O)c(O)c4c(=O)cc(-c5ccccc5)oc4c32)cc1OCC(C)C. The number of rotatable bonds is 6. The number of ether oxygens (including phenoxy) is 3. The third kappa shape index (κ3) is 4.35. The van der Waals surface area contributed by atoms with Crippen molar-refractivity contribution in [3.63, 3.8) is 0 Å². The summed E-state index contributed by atoms with van der Waals surface area (Å²) >= 11 is 0. The number of benzene rings is 3. The molecule has 0 spiro atoms. The van der Waals surface area contributed by atoms with Gasteiger partial charge < -0.3 is 28.8 Å². The van der Waals surface area contributed by atoms with Crippen LogP contribution in [0.3, 0.4) is 0 Å². The molecule has 1 aromatic heterocycles. The van der Waals surface area contributed by atoms with Crippen molar-refractivity contribution < 1.29 is 33.6 Å². The first-order chi connectivity index (χ1) is 17.8. The average molecular weight is 503 g/mol. The Kier molecular flexibility index (Phi) is 6.25. The van der Waals surface area contributed by atoms with Crippen molar-refractivity contribution in [2.45, 2.75) is 26.2 Å². The summed E-state index contributed by atoms with van der Waals surface area (Å²) in [6.45, 7) is 4.50. The summed E-state index contributed by atoms with van der Waals surface area (Å²) in [5.41, 5.74) is 1.11. The van der Waals surface area contributed by atoms with Crippen molar-refractivity contribution in [1.82, 2.24) is 0 Å². The molecule has 0 saturated carbocycles. The Bertz CT molecular complexity index is 1550. The second-order valence-electron chi connectivity index (χ2n) is 9.33. The summed E-state index contributed by atoms with van der Waals surface area (Å²) < 4.78 is 23.0. The monoisotopic (exact) mass is 502 g/mol. The lowest BCUT2D eigenvalue weighted by molar-refractivity contribution is -0.135. The molecule has 4 aromatic rings. The van der Waals surface area contributed by atoms with E-state index in [1.54, 1.807) is 37.4 Å². The number of esters is 1. The number of hydrogen-bond acceptors (Lipinski definition) is 8. The third-order valence-corrected chi connectivity index (χ3v) is 6.27. The molecule has 2 N–H and O–H groups in total. The second kappa shape index (κ2) is 9.54. The fourth-order valence-corrected chi connectivity index (χ4v) is 4.52. The van der Waals surface area contributed by atoms with Gasteiger partial charge in [-0.1, -0.05) is 50.2 Å². The summed E-state index contributed by atoms with van der Waals surface area (Å²) in [6.07, 6.45) is -0.0818. The lowest BCUT2D eigenvalue weighted by atomic mass is 9.84. The minimum atomic E-state index is -0.703. The van der Waals surface area contributed by atoms with E-state index >= 15 is 0 Å². The number of aromatic hydroxyl groups is 2. The number of phenolic OH excluding ortho intramolecular Hbond substituents is 2. The largest absolute Gasteiger partial charge is 0.504 e. The van der Waals surface area contributed by atoms with E-state index in [1.807, 2.05) is 32.0 Å². The van der Waals surface area contributed by atoms with Crippen molar-refractivity contribution >= 4 is 16.9 Å². The molecule has 0 fully saturated rings. The standard InChI is InChI=1S/C29H26O8/c1-15(2)14-35-22-11-17(9-10-20(22)34-3)18-12-23(31)37-29-24(18)28-25(26(32)27(29)33)19(30)13-21(36-28)16-7-5-4-6-8-16/h4-11,13,15,18,32-33H,12,14H2,1-3H3/t18-/m1/s1. The van der Waals surface area contributed by atoms with Gasteiger partial charge in [-0.05, 0) is 23.6 Å². The van der Waals surface area contributed by atoms with Gasteiger partial charge in [0.05, 0.1) is 25.7 Å². The van der Waals surface area contributed by atoms with E-state index in [2.05, 4.69) is 0 Å². The number of hydrogen-bond donors (Lipinski definition) is 2. The molecule has 0 aliphatic carbocycles. The zero-order valence-corrected chi connectivity index (χ0v) is 20.6. The highest BCUT2D eigenvalue weighted by atomic mass is 16.5. The molecule has 0 bridgehead atoms. The first-order valence-electron chi connectivity index (χ1n) is 11.9. The molecule has 0 unspecified atom stereocenters. The minimum absolute atomic E-state index is 0.0367. The Morgan fingerprint density at radius 1 is 1.00 bits per heavy atom. The molecule has 5 rings (SSSR count). The van der Waals surface area contributed by atoms with E-state index in [0.717, 1.165) is 0 Å². The summed E-state index contributed by atoms with van der Waals surface area (Å²) in [5, 5.41) is 21.3. The molecule has 37 heavy (non-hydrogen) atoms. The Balaban J connectivity index is 1.77. The van der Waals surface area contributed by atoms with Crippen LogP contribution in [0, 0.1) is 5.92 Å². The molecule has 0 saturated heterocycles. The van der Waals surface area contributed by atoms with Crippen LogP contribution < -0.4 is 19.6 Å². The van der Waals surface area contributed by atoms with Gasteiger partial charge in [0.15, 0.2) is 28.4 Å². The normalized spacial score (nSPS) is 14.9. The Morgan fingerprint density at radius 3 is 2.46 bits per heavy atom. The molecular formula is C29H26O8. The average Bonchev–Trinajstić information content (AvgIpc) is 2.90. The molecule has 190 valence electrons. The fraction of sp³-hybridized carbons (Fsp3) is 0.241. The zero-order chi connectivity index (χ0) is 26.3. The maximum absolute atomic E-state index is 13.2. The van der Waals surface area contributed by atoms with E-state index in [1.165, 1.54) is 6.07 Å². The van der Waals surface area contributed by atoms with E-state index in [0.29, 0.717) is 34.8 Å². The molecule has 8 nitrogen and oxygen atoms in total. The third-order valence-electron chi connectivity index (χ3n) is 6.27. The zero-order valence-electron chi connectivity index (χ0n) is 20.6. The highest BCUT2D eigenvalue weighted by Crippen LogP contribution is 2.52. The van der Waals surface area contributed by atoms with Gasteiger partial charge >= 0.3 is 5.97 Å². The predicted octanol–water partition coefficient (Wildman–Crippen LogP) is 5.36. The van der Waals surface area contributed by atoms with Gasteiger partial charge in [-0.15, -0.1) is 0 Å². The van der Waals surface area contributed by atoms with Gasteiger partial charge in [0.1, 0.15) is 16.7 Å². The van der Waals surface area contributed by atoms with Crippen LogP contribution in [0.2, 0.25) is 0 Å². The van der Waals surface area contributed by atoms with Crippen LogP contribution in [0.5, 0.6) is 28.7 Å². The summed E-state index contributed by atoms with van der Waals surface area (Å²) in [6, 6.07) is 15.6. The van der Waals surface area contributed by atoms with Crippen LogP contribution in [-0.4, -0.2) is 29.9 Å². The van der Waals surface area contributed by atoms with Crippen LogP contribution in [0.15, 0.2) is 63.8 Å². The van der Waals surface area contributed by atoms with Crippen molar-refractivity contribution in [3.8, 4) is 40.1 Å². The lowest BCUT2D eigenvalue weighted by Gasteiger charge is -2.27. The smallest absolute Gasteiger partial charge is 0.312 e. The number of carbonyl (C=O) groups is 1. The molecular weight excluding hydrogens is 476 g/mol. The van der Waals surface area contributed by atoms with Gasteiger partial charge in [-0.25, -0.2) is 0 Å². The second-order valence-corrected chi connectivity index (χ2v) is 9.33. The van der Waals surface area contributed by atoms with E-state index in [-0.39, 0.29) is 34.8 Å². The van der Waals surface area contributed by atoms with Gasteiger partial charge in [0, 0.05) is 17.5 Å². The van der Waals surface area contributed by atoms with Crippen LogP contribution in [0.1, 0.15) is 37.3 Å². The summed E-state index contributed by atoms with van der Waals surface area (Å²) in [5.74, 6) is -1.32. The molecule has 1 aliphatic rings. The molecule has 8 heteroatoms. The number of fused-ring (bicyclic) bond motifs is 3. The van der Waals surface area contributed by atoms with E-state index in [4.69, 9.17) is 18.6 Å². The minimum Gasteiger partial charge on any atom is -0.504 e. The molecule has 1 aliphatic heterocycles. The quantitative estimate of drug-likeness (QED) is 0.206. The predicted molar refractivity (Wildman–Crippen MR) is 137 cm³/mol. The van der Waals surface area contributed by atoms with Crippen molar-refractivity contribution in [1.29, 1.82) is 0 Å². The van der Waals surface area contributed by atoms with Crippen LogP contribution >= 0.6 is 0 Å². The number of carbonyl (C=O) groups excluding carboxylic acids is 1. The van der Waals surface area contributed by atoms with Crippen molar-refractivity contribution in [2.75, 3.05) is 13.7 Å². The Morgan fingerprint density at radius 2 is 1.76 bits per heavy atom. The van der Waals surface area contributed by atoms with E-state index in [9.17, 15) is 19.8 Å². The first-order valence-corrected chi connectivity index (χ1v) is 11.9. The maximum atomic E-state index is 13.2. The summed E-state index contributed by atoms with van der Waals surface area (Å²) in [7, 11) is 1.54. The van der Waals surface area contributed by atoms with Gasteiger partial charge in [0.2, 0.25) is 5.75 Å². The molecule has 1 atom stereocenters. The lowest BCUT2D eigenvalue weighted by Crippen LogP contribution is -2.22. The van der Waals surface area contributed by atoms with Crippen LogP contribution in [-0.2, 0) is 4.79 Å². The van der Waals surface area contributed by atoms with Gasteiger partial charge in [-0.3, -0.25) is 9.59 Å². The number of phenols is 2. The fourth-order valence-electron chi connectivity index (χ4n) is 4.52. The number of methoxy groups -OCH3 is 1. The Hall–Kier alpha value is -4.46. The van der Waals surface area contributed by atoms with Crippen LogP contribution in [0.4, 0.5) is 0 Å². The van der Waals surface area contributed by atoms with Crippen molar-refractivity contribution in [3.05, 3.63) is 75.9 Å². The molecule has 3 aromatic carbocycles. The van der Waals surface area contributed by atoms with Crippen molar-refractivity contribution in [2.24, 2.45) is 5.92 Å². The molecule has 0 radical (unpaired) electrons. The summed E-state index contributed by atoms with van der Waals surface area (Å²) in [4.78, 5) is 25.8. The van der Waals surface area contributed by atoms with E-state index < -0.39 is 28.8 Å². The highest BCUT2D eigenvalue weighted by Gasteiger charge is 2.37. The van der Waals surface area contributed by atoms with Crippen LogP contribution in [0.25, 0.3) is 22.3 Å².